The number of nitrogens with zero attached hydrogens (tertiary/aromatic N) is 2. The Balaban J connectivity index is 2.48. The number of rotatable bonds is 4. The van der Waals surface area contributed by atoms with Crippen LogP contribution in [0.25, 0.3) is 0 Å². The first kappa shape index (κ1) is 11.9. The van der Waals surface area contributed by atoms with Gasteiger partial charge in [-0.1, -0.05) is 6.92 Å². The molecule has 0 amide bonds. The molecular formula is C10H24N4. The lowest BCUT2D eigenvalue weighted by Crippen LogP contribution is -2.61. The van der Waals surface area contributed by atoms with Crippen molar-refractivity contribution in [1.29, 1.82) is 0 Å². The van der Waals surface area contributed by atoms with Crippen LogP contribution in [-0.4, -0.2) is 55.7 Å². The predicted octanol–water partition coefficient (Wildman–Crippen LogP) is -0.134. The van der Waals surface area contributed by atoms with Crippen LogP contribution in [-0.2, 0) is 0 Å². The molecule has 1 saturated heterocycles. The van der Waals surface area contributed by atoms with E-state index in [1.165, 1.54) is 0 Å². The summed E-state index contributed by atoms with van der Waals surface area (Å²) in [6, 6.07) is 0. The number of nitrogens with two attached hydrogens (primary N) is 1. The summed E-state index contributed by atoms with van der Waals surface area (Å²) in [6.07, 6.45) is 2.30. The minimum Gasteiger partial charge on any atom is -0.329 e. The monoisotopic (exact) mass is 200 g/mol. The van der Waals surface area contributed by atoms with Gasteiger partial charge in [-0.25, -0.2) is 5.43 Å². The van der Waals surface area contributed by atoms with Gasteiger partial charge in [0.25, 0.3) is 0 Å². The summed E-state index contributed by atoms with van der Waals surface area (Å²) in [6.45, 7) is 6.42. The standard InChI is InChI=1S/C10H24N4/c1-4-14-7-5-10(9-11,6-8-14)12-13(2)3/h12H,4-9,11H2,1-3H3. The van der Waals surface area contributed by atoms with Gasteiger partial charge in [0.15, 0.2) is 0 Å². The van der Waals surface area contributed by atoms with Crippen LogP contribution < -0.4 is 11.2 Å². The molecule has 0 atom stereocenters. The quantitative estimate of drug-likeness (QED) is 0.620. The molecule has 0 aromatic heterocycles. The van der Waals surface area contributed by atoms with E-state index in [9.17, 15) is 0 Å². The molecule has 0 aromatic carbocycles. The first-order chi connectivity index (χ1) is 6.62. The molecule has 84 valence electrons. The minimum atomic E-state index is 0.134. The van der Waals surface area contributed by atoms with Crippen molar-refractivity contribution in [3.63, 3.8) is 0 Å². The van der Waals surface area contributed by atoms with Crippen LogP contribution in [0.15, 0.2) is 0 Å². The third-order valence-corrected chi connectivity index (χ3v) is 3.11. The molecule has 0 unspecified atom stereocenters. The van der Waals surface area contributed by atoms with Crippen LogP contribution in [0.3, 0.4) is 0 Å². The first-order valence-corrected chi connectivity index (χ1v) is 5.49. The van der Waals surface area contributed by atoms with E-state index >= 15 is 0 Å². The molecule has 0 spiro atoms. The van der Waals surface area contributed by atoms with Gasteiger partial charge < -0.3 is 10.6 Å². The lowest BCUT2D eigenvalue weighted by molar-refractivity contribution is 0.0829. The maximum absolute atomic E-state index is 5.87. The van der Waals surface area contributed by atoms with Gasteiger partial charge in [0, 0.05) is 26.2 Å². The third kappa shape index (κ3) is 2.92. The van der Waals surface area contributed by atoms with Crippen LogP contribution in [0.5, 0.6) is 0 Å². The van der Waals surface area contributed by atoms with Crippen molar-refractivity contribution in [2.45, 2.75) is 25.3 Å². The van der Waals surface area contributed by atoms with E-state index in [0.717, 1.165) is 39.0 Å². The van der Waals surface area contributed by atoms with E-state index in [1.807, 2.05) is 19.1 Å². The van der Waals surface area contributed by atoms with Crippen molar-refractivity contribution in [3.8, 4) is 0 Å². The number of likely N-dealkylation sites (tertiary alicyclic amines) is 1. The number of hydrogen-bond donors (Lipinski definition) is 2. The summed E-state index contributed by atoms with van der Waals surface area (Å²) in [5.41, 5.74) is 9.47. The molecule has 0 radical (unpaired) electrons. The lowest BCUT2D eigenvalue weighted by Gasteiger charge is -2.43. The van der Waals surface area contributed by atoms with Crippen LogP contribution >= 0.6 is 0 Å². The molecule has 0 aliphatic carbocycles. The fourth-order valence-corrected chi connectivity index (χ4v) is 2.13. The van der Waals surface area contributed by atoms with Gasteiger partial charge in [-0.3, -0.25) is 5.01 Å². The molecule has 4 nitrogen and oxygen atoms in total. The molecule has 1 fully saturated rings. The Bertz CT molecular complexity index is 162. The zero-order valence-corrected chi connectivity index (χ0v) is 9.71. The fourth-order valence-electron chi connectivity index (χ4n) is 2.13. The average molecular weight is 200 g/mol. The highest BCUT2D eigenvalue weighted by atomic mass is 15.5. The number of hydrazine groups is 1. The molecule has 1 rings (SSSR count). The Morgan fingerprint density at radius 3 is 2.29 bits per heavy atom. The molecule has 4 heteroatoms. The fraction of sp³-hybridized carbons (Fsp3) is 1.00. The smallest absolute Gasteiger partial charge is 0.0472 e. The van der Waals surface area contributed by atoms with Gasteiger partial charge in [0.1, 0.15) is 0 Å². The minimum absolute atomic E-state index is 0.134. The molecule has 0 bridgehead atoms. The van der Waals surface area contributed by atoms with Crippen LogP contribution in [0.2, 0.25) is 0 Å². The molecule has 0 saturated carbocycles. The van der Waals surface area contributed by atoms with E-state index in [-0.39, 0.29) is 5.54 Å². The van der Waals surface area contributed by atoms with Crippen molar-refractivity contribution in [3.05, 3.63) is 0 Å². The predicted molar refractivity (Wildman–Crippen MR) is 60.0 cm³/mol. The zero-order chi connectivity index (χ0) is 10.6. The summed E-state index contributed by atoms with van der Waals surface area (Å²) in [5, 5.41) is 2.02. The zero-order valence-electron chi connectivity index (χ0n) is 9.71. The normalized spacial score (nSPS) is 22.9. The third-order valence-electron chi connectivity index (χ3n) is 3.11. The highest BCUT2D eigenvalue weighted by Crippen LogP contribution is 2.21. The Labute approximate surface area is 87.4 Å². The molecule has 14 heavy (non-hydrogen) atoms. The van der Waals surface area contributed by atoms with Gasteiger partial charge in [-0.15, -0.1) is 0 Å². The van der Waals surface area contributed by atoms with E-state index in [1.54, 1.807) is 0 Å². The Morgan fingerprint density at radius 1 is 1.36 bits per heavy atom. The second-order valence-electron chi connectivity index (χ2n) is 4.42. The summed E-state index contributed by atoms with van der Waals surface area (Å²) in [4.78, 5) is 2.48. The van der Waals surface area contributed by atoms with Crippen molar-refractivity contribution >= 4 is 0 Å². The first-order valence-electron chi connectivity index (χ1n) is 5.49. The summed E-state index contributed by atoms with van der Waals surface area (Å²) in [7, 11) is 4.06. The molecule has 1 aliphatic rings. The van der Waals surface area contributed by atoms with Gasteiger partial charge in [-0.05, 0) is 32.5 Å². The largest absolute Gasteiger partial charge is 0.329 e. The van der Waals surface area contributed by atoms with Crippen molar-refractivity contribution in [2.24, 2.45) is 5.73 Å². The van der Waals surface area contributed by atoms with E-state index < -0.39 is 0 Å². The van der Waals surface area contributed by atoms with Crippen molar-refractivity contribution < 1.29 is 0 Å². The van der Waals surface area contributed by atoms with Gasteiger partial charge in [-0.2, -0.15) is 0 Å². The number of hydrogen-bond acceptors (Lipinski definition) is 4. The maximum Gasteiger partial charge on any atom is 0.0472 e. The number of nitrogens with one attached hydrogen (secondary N) is 1. The summed E-state index contributed by atoms with van der Waals surface area (Å²) < 4.78 is 0. The number of piperidine rings is 1. The summed E-state index contributed by atoms with van der Waals surface area (Å²) >= 11 is 0. The van der Waals surface area contributed by atoms with Crippen molar-refractivity contribution in [2.75, 3.05) is 40.3 Å². The van der Waals surface area contributed by atoms with Crippen LogP contribution in [0.1, 0.15) is 19.8 Å². The van der Waals surface area contributed by atoms with E-state index in [0.29, 0.717) is 0 Å². The Morgan fingerprint density at radius 2 is 1.93 bits per heavy atom. The second-order valence-corrected chi connectivity index (χ2v) is 4.42. The average Bonchev–Trinajstić information content (AvgIpc) is 2.18. The molecular weight excluding hydrogens is 176 g/mol. The van der Waals surface area contributed by atoms with Gasteiger partial charge in [0.05, 0.1) is 0 Å². The maximum atomic E-state index is 5.87. The summed E-state index contributed by atoms with van der Waals surface area (Å²) in [5.74, 6) is 0. The van der Waals surface area contributed by atoms with E-state index in [4.69, 9.17) is 5.73 Å². The van der Waals surface area contributed by atoms with Gasteiger partial charge >= 0.3 is 0 Å². The molecule has 3 N–H and O–H groups in total. The van der Waals surface area contributed by atoms with Crippen molar-refractivity contribution in [1.82, 2.24) is 15.3 Å². The Hall–Kier alpha value is -0.160. The Kier molecular flexibility index (Phi) is 4.31. The molecule has 1 heterocycles. The van der Waals surface area contributed by atoms with Gasteiger partial charge in [0.2, 0.25) is 0 Å². The highest BCUT2D eigenvalue weighted by Gasteiger charge is 2.32. The van der Waals surface area contributed by atoms with Crippen LogP contribution in [0, 0.1) is 0 Å². The SMILES string of the molecule is CCN1CCC(CN)(NN(C)C)CC1. The highest BCUT2D eigenvalue weighted by molar-refractivity contribution is 4.92. The molecule has 0 aromatic rings. The lowest BCUT2D eigenvalue weighted by atomic mass is 9.88. The molecule has 1 aliphatic heterocycles. The van der Waals surface area contributed by atoms with E-state index in [2.05, 4.69) is 17.2 Å². The van der Waals surface area contributed by atoms with Crippen LogP contribution in [0.4, 0.5) is 0 Å². The second kappa shape index (κ2) is 5.07. The topological polar surface area (TPSA) is 44.5 Å².